The number of rotatable bonds is 13. The molecule has 10 atom stereocenters. The molecule has 6 aliphatic rings. The van der Waals surface area contributed by atoms with Gasteiger partial charge in [-0.3, -0.25) is 53.4 Å². The van der Waals surface area contributed by atoms with Gasteiger partial charge in [-0.15, -0.1) is 11.8 Å². The summed E-state index contributed by atoms with van der Waals surface area (Å²) in [5.41, 5.74) is -5.68. The monoisotopic (exact) mass is 1150 g/mol. The van der Waals surface area contributed by atoms with Gasteiger partial charge in [0, 0.05) is 67.3 Å². The van der Waals surface area contributed by atoms with Crippen molar-refractivity contribution in [2.24, 2.45) is 11.8 Å². The first-order valence-electron chi connectivity index (χ1n) is 26.0. The molecule has 2 aromatic heterocycles. The third-order valence-corrected chi connectivity index (χ3v) is 17.8. The summed E-state index contributed by atoms with van der Waals surface area (Å²) in [6, 6.07) is 11.4. The Balaban J connectivity index is 0.000000201. The summed E-state index contributed by atoms with van der Waals surface area (Å²) in [7, 11) is 2.98. The number of carbonyl (C=O) groups is 8. The second-order valence-electron chi connectivity index (χ2n) is 21.7. The van der Waals surface area contributed by atoms with Crippen molar-refractivity contribution in [3.05, 3.63) is 118 Å². The molecule has 3 saturated heterocycles. The van der Waals surface area contributed by atoms with Gasteiger partial charge in [0.05, 0.1) is 29.3 Å². The number of aliphatic hydroxyl groups is 5. The number of nitrogens with zero attached hydrogens (tertiary/aromatic N) is 6. The quantitative estimate of drug-likeness (QED) is 0.0613. The van der Waals surface area contributed by atoms with E-state index >= 15 is 0 Å². The van der Waals surface area contributed by atoms with Crippen LogP contribution in [0.2, 0.25) is 0 Å². The summed E-state index contributed by atoms with van der Waals surface area (Å²) >= 11 is 1.30. The lowest BCUT2D eigenvalue weighted by atomic mass is 9.55. The van der Waals surface area contributed by atoms with Crippen LogP contribution in [-0.4, -0.2) is 216 Å². The number of aliphatic hydroxyl groups excluding tert-OH is 3. The number of carboxylic acids is 2. The summed E-state index contributed by atoms with van der Waals surface area (Å²) in [6.07, 6.45) is 0.740. The van der Waals surface area contributed by atoms with Gasteiger partial charge in [-0.2, -0.15) is 0 Å². The fraction of sp³-hybridized carbons (Fsp3) is 0.418. The first-order valence-corrected chi connectivity index (χ1v) is 26.9. The molecule has 3 fully saturated rings. The van der Waals surface area contributed by atoms with Crippen LogP contribution in [0, 0.1) is 11.8 Å². The van der Waals surface area contributed by atoms with E-state index in [1.54, 1.807) is 56.3 Å². The zero-order valence-corrected chi connectivity index (χ0v) is 45.7. The van der Waals surface area contributed by atoms with Crippen LogP contribution in [0.25, 0.3) is 11.0 Å². The molecule has 0 bridgehead atoms. The Kier molecular flexibility index (Phi) is 15.7. The molecular weight excluding hydrogens is 1090 g/mol. The van der Waals surface area contributed by atoms with Gasteiger partial charge in [0.15, 0.2) is 23.3 Å². The number of aromatic nitrogens is 2. The van der Waals surface area contributed by atoms with Crippen molar-refractivity contribution in [1.29, 1.82) is 0 Å². The third-order valence-electron chi connectivity index (χ3n) is 16.2. The molecule has 12 N–H and O–H groups in total. The highest BCUT2D eigenvalue weighted by Crippen LogP contribution is 2.57. The van der Waals surface area contributed by atoms with Crippen molar-refractivity contribution in [3.63, 3.8) is 0 Å². The van der Waals surface area contributed by atoms with Gasteiger partial charge in [-0.25, -0.2) is 9.59 Å². The number of phenolic OH excluding ortho intramolecular Hbond substituents is 1. The predicted molar refractivity (Wildman–Crippen MR) is 289 cm³/mol. The number of ketones is 2. The lowest BCUT2D eigenvalue weighted by Crippen LogP contribution is -2.71. The van der Waals surface area contributed by atoms with E-state index in [-0.39, 0.29) is 54.1 Å². The number of amides is 4. The number of Topliss-reactive ketones (excluding diaryl/α,β-unsaturated/α-hetero) is 2. The van der Waals surface area contributed by atoms with Crippen molar-refractivity contribution < 1.29 is 84.3 Å². The number of aromatic hydroxyl groups is 2. The Labute approximate surface area is 471 Å². The highest BCUT2D eigenvalue weighted by Gasteiger charge is 2.67. The molecular formula is C55H61N9O17S. The minimum atomic E-state index is -2.93. The minimum Gasteiger partial charge on any atom is -0.510 e. The van der Waals surface area contributed by atoms with Crippen LogP contribution < -0.4 is 16.0 Å². The Bertz CT molecular complexity index is 3380. The van der Waals surface area contributed by atoms with Crippen molar-refractivity contribution in [2.75, 3.05) is 53.4 Å². The van der Waals surface area contributed by atoms with Crippen LogP contribution in [0.15, 0.2) is 95.7 Å². The SMILES string of the molecule is CC1(C)S[C@@H]2[C@H](NC(=O)[C@H](NC(=O)c3cnc4cccnc4c3O)c3ccccc3)C(=O)N2[C@H]1C(=O)O.CN(C)[C@H]1C(O)=C(C(=O)NC(C(=O)O)N2CCN(CCO)CC2)C(=O)[C@]2(O)C(O)=C3C(=O)c4c(O)cccc4[C@](C)(O)C3CC12. The lowest BCUT2D eigenvalue weighted by molar-refractivity contribution is -0.161. The number of carbonyl (C=O) groups excluding carboxylic acids is 6. The van der Waals surface area contributed by atoms with Crippen LogP contribution in [0.5, 0.6) is 11.5 Å². The zero-order chi connectivity index (χ0) is 59.7. The van der Waals surface area contributed by atoms with Gasteiger partial charge in [0.2, 0.25) is 17.6 Å². The second-order valence-corrected chi connectivity index (χ2v) is 23.5. The van der Waals surface area contributed by atoms with Gasteiger partial charge < -0.3 is 66.8 Å². The van der Waals surface area contributed by atoms with Crippen molar-refractivity contribution in [3.8, 4) is 11.5 Å². The molecule has 27 heteroatoms. The molecule has 10 rings (SSSR count). The smallest absolute Gasteiger partial charge is 0.341 e. The first kappa shape index (κ1) is 58.6. The van der Waals surface area contributed by atoms with Crippen LogP contribution in [0.1, 0.15) is 65.1 Å². The summed E-state index contributed by atoms with van der Waals surface area (Å²) in [4.78, 5) is 119. The highest BCUT2D eigenvalue weighted by molar-refractivity contribution is 8.01. The van der Waals surface area contributed by atoms with E-state index in [2.05, 4.69) is 25.9 Å². The van der Waals surface area contributed by atoms with Crippen LogP contribution in [0.3, 0.4) is 0 Å². The fourth-order valence-corrected chi connectivity index (χ4v) is 13.7. The number of hydrogen-bond acceptors (Lipinski definition) is 21. The molecule has 3 aliphatic carbocycles. The maximum Gasteiger partial charge on any atom is 0.341 e. The maximum absolute atomic E-state index is 14.1. The average molecular weight is 1150 g/mol. The number of carboxylic acid groups (broad SMARTS) is 2. The van der Waals surface area contributed by atoms with Gasteiger partial charge in [0.1, 0.15) is 57.4 Å². The predicted octanol–water partition coefficient (Wildman–Crippen LogP) is -0.125. The van der Waals surface area contributed by atoms with Crippen LogP contribution >= 0.6 is 11.8 Å². The lowest BCUT2D eigenvalue weighted by Gasteiger charge is -2.52. The fourth-order valence-electron chi connectivity index (χ4n) is 12.1. The molecule has 5 heterocycles. The molecule has 434 valence electrons. The van der Waals surface area contributed by atoms with Crippen LogP contribution in [-0.2, 0) is 34.4 Å². The largest absolute Gasteiger partial charge is 0.510 e. The van der Waals surface area contributed by atoms with E-state index in [1.807, 2.05) is 4.90 Å². The number of benzene rings is 2. The number of phenols is 1. The summed E-state index contributed by atoms with van der Waals surface area (Å²) < 4.78 is -0.743. The van der Waals surface area contributed by atoms with E-state index in [4.69, 9.17) is 0 Å². The Morgan fingerprint density at radius 3 is 2.17 bits per heavy atom. The third kappa shape index (κ3) is 9.83. The number of fused-ring (bicyclic) bond motifs is 5. The number of hydrogen-bond donors (Lipinski definition) is 12. The maximum atomic E-state index is 14.1. The summed E-state index contributed by atoms with van der Waals surface area (Å²) in [5.74, 6) is -13.4. The highest BCUT2D eigenvalue weighted by atomic mass is 32.2. The number of thioether (sulfide) groups is 1. The van der Waals surface area contributed by atoms with Gasteiger partial charge in [-0.05, 0) is 70.6 Å². The molecule has 3 unspecified atom stereocenters. The molecule has 0 spiro atoms. The normalized spacial score (nSPS) is 27.4. The number of piperazine rings is 1. The second kappa shape index (κ2) is 22.0. The molecule has 0 radical (unpaired) electrons. The molecule has 82 heavy (non-hydrogen) atoms. The van der Waals surface area contributed by atoms with E-state index in [0.29, 0.717) is 30.7 Å². The number of aliphatic carboxylic acids is 2. The van der Waals surface area contributed by atoms with Gasteiger partial charge in [0.25, 0.3) is 11.8 Å². The molecule has 4 amide bonds. The van der Waals surface area contributed by atoms with Crippen molar-refractivity contribution >= 4 is 69.9 Å². The number of likely N-dealkylation sites (N-methyl/N-ethyl adjacent to an activating group) is 1. The van der Waals surface area contributed by atoms with E-state index in [9.17, 15) is 84.3 Å². The van der Waals surface area contributed by atoms with Gasteiger partial charge in [-0.1, -0.05) is 42.5 Å². The molecule has 2 aromatic carbocycles. The Morgan fingerprint density at radius 1 is 0.854 bits per heavy atom. The standard InChI is InChI=1S/C30H38N4O11.C25H23N5O6S/c1-29(44)14-5-4-6-17(36)18(14)22(37)19-15(29)13-16-21(32(2)3)23(38)20(25(40)30(16,45)24(19)39)27(41)31-26(28(42)43)34-9-7-33(8-10-34)11-12-35;1-25(2)19(24(35)36)30-22(34)17(23(30)37-25)29-21(33)15(12-7-4-3-5-8-12)28-20(32)13-11-27-14-9-6-10-26-16(14)18(13)31/h4-6,15-16,21,26,35-36,38-39,44-45H,7-13H2,1-3H3,(H,31,41)(H,42,43);3-11,15,17,19,23H,1-2H3,(H,27,31)(H,28,32)(H,29,33)(H,35,36)/t15?,16?,21-,26?,29+,30-;15-,17-,19+,23-/m11/s1. The Hall–Kier alpha value is -8.05. The minimum absolute atomic E-state index is 0.0772. The van der Waals surface area contributed by atoms with Crippen molar-refractivity contribution in [2.45, 2.75) is 78.8 Å². The molecule has 26 nitrogen and oxygen atoms in total. The van der Waals surface area contributed by atoms with Crippen molar-refractivity contribution in [1.82, 2.24) is 45.5 Å². The molecule has 0 saturated carbocycles. The van der Waals surface area contributed by atoms with E-state index in [1.165, 1.54) is 78.1 Å². The Morgan fingerprint density at radius 2 is 1.54 bits per heavy atom. The number of nitrogens with one attached hydrogen (secondary N) is 3. The molecule has 3 aliphatic heterocycles. The number of pyridine rings is 2. The van der Waals surface area contributed by atoms with E-state index < -0.39 is 139 Å². The summed E-state index contributed by atoms with van der Waals surface area (Å²) in [6.45, 7) is 6.38. The van der Waals surface area contributed by atoms with E-state index in [0.717, 1.165) is 0 Å². The average Bonchev–Trinajstić information content (AvgIpc) is 1.69. The van der Waals surface area contributed by atoms with Crippen LogP contribution in [0.4, 0.5) is 0 Å². The summed E-state index contributed by atoms with van der Waals surface area (Å²) in [5, 5.41) is 104. The number of β-lactam (4-membered cyclic amide) rings is 1. The number of β-amino-alcohol motifs (C(OH)–C–C–N with tert-alkyl or cyclic N) is 1. The zero-order valence-electron chi connectivity index (χ0n) is 44.9. The molecule has 4 aromatic rings. The van der Waals surface area contributed by atoms with Gasteiger partial charge >= 0.3 is 11.9 Å². The first-order chi connectivity index (χ1) is 38.7. The topological polar surface area (TPSA) is 393 Å².